The summed E-state index contributed by atoms with van der Waals surface area (Å²) < 4.78 is 0. The van der Waals surface area contributed by atoms with Crippen LogP contribution in [0.25, 0.3) is 0 Å². The van der Waals surface area contributed by atoms with Gasteiger partial charge in [0.1, 0.15) is 6.04 Å². The molecule has 0 heterocycles. The Bertz CT molecular complexity index is 412. The van der Waals surface area contributed by atoms with Crippen molar-refractivity contribution in [3.8, 4) is 5.75 Å². The lowest BCUT2D eigenvalue weighted by Crippen LogP contribution is -2.34. The molecule has 1 rings (SSSR count). The molecule has 4 nitrogen and oxygen atoms in total. The maximum atomic E-state index is 11.0. The maximum absolute atomic E-state index is 11.0. The Kier molecular flexibility index (Phi) is 4.48. The van der Waals surface area contributed by atoms with E-state index in [0.717, 1.165) is 0 Å². The Labute approximate surface area is 109 Å². The van der Waals surface area contributed by atoms with Gasteiger partial charge < -0.3 is 15.5 Å². The van der Waals surface area contributed by atoms with Crippen molar-refractivity contribution in [2.75, 3.05) is 5.32 Å². The molecule has 0 saturated heterocycles. The zero-order valence-electron chi connectivity index (χ0n) is 9.37. The molecule has 0 aliphatic rings. The predicted octanol–water partition coefficient (Wildman–Crippen LogP) is 3.22. The summed E-state index contributed by atoms with van der Waals surface area (Å²) in [5.41, 5.74) is 0.457. The number of nitrogens with one attached hydrogen (secondary N) is 1. The lowest BCUT2D eigenvalue weighted by molar-refractivity contribution is -0.138. The van der Waals surface area contributed by atoms with Gasteiger partial charge in [-0.1, -0.05) is 37.0 Å². The van der Waals surface area contributed by atoms with Crippen LogP contribution in [0.1, 0.15) is 13.8 Å². The van der Waals surface area contributed by atoms with Crippen LogP contribution in [-0.4, -0.2) is 22.2 Å². The molecule has 0 bridgehead atoms. The number of aliphatic carboxylic acids is 1. The van der Waals surface area contributed by atoms with Crippen LogP contribution in [0.4, 0.5) is 5.69 Å². The first-order valence-corrected chi connectivity index (χ1v) is 5.76. The lowest BCUT2D eigenvalue weighted by atomic mass is 10.0. The molecule has 0 unspecified atom stereocenters. The van der Waals surface area contributed by atoms with E-state index in [1.165, 1.54) is 12.1 Å². The van der Waals surface area contributed by atoms with E-state index in [2.05, 4.69) is 5.32 Å². The van der Waals surface area contributed by atoms with Gasteiger partial charge in [-0.3, -0.25) is 0 Å². The predicted molar refractivity (Wildman–Crippen MR) is 68.0 cm³/mol. The molecule has 0 spiro atoms. The molecule has 0 radical (unpaired) electrons. The van der Waals surface area contributed by atoms with Gasteiger partial charge in [-0.25, -0.2) is 4.79 Å². The third-order valence-corrected chi connectivity index (χ3v) is 2.85. The SMILES string of the molecule is CC(C)[C@H](Nc1cc(Cl)c(O)c(Cl)c1)C(=O)O. The minimum Gasteiger partial charge on any atom is -0.505 e. The van der Waals surface area contributed by atoms with Crippen molar-refractivity contribution < 1.29 is 15.0 Å². The Morgan fingerprint density at radius 1 is 1.29 bits per heavy atom. The lowest BCUT2D eigenvalue weighted by Gasteiger charge is -2.19. The first-order chi connectivity index (χ1) is 7.82. The number of carboxylic acid groups (broad SMARTS) is 1. The van der Waals surface area contributed by atoms with Gasteiger partial charge in [0.15, 0.2) is 5.75 Å². The van der Waals surface area contributed by atoms with Gasteiger partial charge in [-0.2, -0.15) is 0 Å². The van der Waals surface area contributed by atoms with Crippen molar-refractivity contribution in [2.24, 2.45) is 5.92 Å². The summed E-state index contributed by atoms with van der Waals surface area (Å²) in [7, 11) is 0. The number of anilines is 1. The van der Waals surface area contributed by atoms with E-state index in [9.17, 15) is 9.90 Å². The summed E-state index contributed by atoms with van der Waals surface area (Å²) in [4.78, 5) is 11.0. The maximum Gasteiger partial charge on any atom is 0.326 e. The van der Waals surface area contributed by atoms with Gasteiger partial charge in [-0.15, -0.1) is 0 Å². The highest BCUT2D eigenvalue weighted by Gasteiger charge is 2.21. The van der Waals surface area contributed by atoms with Gasteiger partial charge in [-0.05, 0) is 18.1 Å². The van der Waals surface area contributed by atoms with Crippen LogP contribution in [0.3, 0.4) is 0 Å². The van der Waals surface area contributed by atoms with E-state index in [4.69, 9.17) is 28.3 Å². The molecule has 0 aliphatic carbocycles. The molecule has 0 fully saturated rings. The second kappa shape index (κ2) is 5.47. The molecule has 3 N–H and O–H groups in total. The number of carbonyl (C=O) groups is 1. The normalized spacial score (nSPS) is 12.5. The fraction of sp³-hybridized carbons (Fsp3) is 0.364. The van der Waals surface area contributed by atoms with E-state index < -0.39 is 12.0 Å². The highest BCUT2D eigenvalue weighted by Crippen LogP contribution is 2.35. The number of benzene rings is 1. The van der Waals surface area contributed by atoms with Crippen LogP contribution in [0.5, 0.6) is 5.75 Å². The van der Waals surface area contributed by atoms with E-state index in [-0.39, 0.29) is 21.7 Å². The summed E-state index contributed by atoms with van der Waals surface area (Å²) in [6, 6.07) is 2.12. The number of aromatic hydroxyl groups is 1. The molecule has 0 amide bonds. The van der Waals surface area contributed by atoms with Crippen molar-refractivity contribution in [2.45, 2.75) is 19.9 Å². The molecular weight excluding hydrogens is 265 g/mol. The first kappa shape index (κ1) is 13.9. The average Bonchev–Trinajstić information content (AvgIpc) is 2.21. The van der Waals surface area contributed by atoms with Crippen LogP contribution >= 0.6 is 23.2 Å². The van der Waals surface area contributed by atoms with Crippen LogP contribution in [0, 0.1) is 5.92 Å². The van der Waals surface area contributed by atoms with E-state index >= 15 is 0 Å². The fourth-order valence-electron chi connectivity index (χ4n) is 1.34. The smallest absolute Gasteiger partial charge is 0.326 e. The number of phenols is 1. The zero-order valence-corrected chi connectivity index (χ0v) is 10.9. The number of hydrogen-bond acceptors (Lipinski definition) is 3. The molecule has 0 saturated carbocycles. The number of phenolic OH excluding ortho intramolecular Hbond substituents is 1. The Morgan fingerprint density at radius 2 is 1.76 bits per heavy atom. The Hall–Kier alpha value is -1.13. The third-order valence-electron chi connectivity index (χ3n) is 2.27. The van der Waals surface area contributed by atoms with Crippen molar-refractivity contribution in [1.82, 2.24) is 0 Å². The van der Waals surface area contributed by atoms with Crippen molar-refractivity contribution in [1.29, 1.82) is 0 Å². The monoisotopic (exact) mass is 277 g/mol. The number of halogens is 2. The molecule has 17 heavy (non-hydrogen) atoms. The van der Waals surface area contributed by atoms with Gasteiger partial charge in [0.25, 0.3) is 0 Å². The molecule has 0 aliphatic heterocycles. The van der Waals surface area contributed by atoms with E-state index in [1.807, 2.05) is 0 Å². The van der Waals surface area contributed by atoms with Gasteiger partial charge >= 0.3 is 5.97 Å². The van der Waals surface area contributed by atoms with E-state index in [1.54, 1.807) is 13.8 Å². The largest absolute Gasteiger partial charge is 0.505 e. The minimum atomic E-state index is -0.958. The molecule has 94 valence electrons. The van der Waals surface area contributed by atoms with Gasteiger partial charge in [0.05, 0.1) is 10.0 Å². The molecule has 0 aromatic heterocycles. The highest BCUT2D eigenvalue weighted by atomic mass is 35.5. The summed E-state index contributed by atoms with van der Waals surface area (Å²) in [6.45, 7) is 3.57. The summed E-state index contributed by atoms with van der Waals surface area (Å²) in [5.74, 6) is -1.27. The summed E-state index contributed by atoms with van der Waals surface area (Å²) in [6.07, 6.45) is 0. The minimum absolute atomic E-state index is 0.0768. The van der Waals surface area contributed by atoms with Crippen LogP contribution in [0.2, 0.25) is 10.0 Å². The standard InChI is InChI=1S/C11H13Cl2NO3/c1-5(2)9(11(16)17)14-6-3-7(12)10(15)8(13)4-6/h3-5,9,14-15H,1-2H3,(H,16,17)/t9-/m0/s1. The van der Waals surface area contributed by atoms with Crippen LogP contribution in [-0.2, 0) is 4.79 Å². The van der Waals surface area contributed by atoms with Crippen LogP contribution < -0.4 is 5.32 Å². The summed E-state index contributed by atoms with van der Waals surface area (Å²) >= 11 is 11.5. The molecular formula is C11H13Cl2NO3. The second-order valence-electron chi connectivity index (χ2n) is 3.99. The molecule has 6 heteroatoms. The van der Waals surface area contributed by atoms with Crippen molar-refractivity contribution >= 4 is 34.9 Å². The zero-order chi connectivity index (χ0) is 13.2. The van der Waals surface area contributed by atoms with Crippen molar-refractivity contribution in [3.63, 3.8) is 0 Å². The van der Waals surface area contributed by atoms with E-state index in [0.29, 0.717) is 5.69 Å². The third kappa shape index (κ3) is 3.41. The molecule has 1 aromatic rings. The number of carboxylic acids is 1. The number of hydrogen-bond donors (Lipinski definition) is 3. The van der Waals surface area contributed by atoms with Crippen LogP contribution in [0.15, 0.2) is 12.1 Å². The highest BCUT2D eigenvalue weighted by molar-refractivity contribution is 6.37. The molecule has 1 aromatic carbocycles. The quantitative estimate of drug-likeness (QED) is 0.739. The van der Waals surface area contributed by atoms with Gasteiger partial charge in [0.2, 0.25) is 0 Å². The topological polar surface area (TPSA) is 69.6 Å². The first-order valence-electron chi connectivity index (χ1n) is 5.00. The Morgan fingerprint density at radius 3 is 2.12 bits per heavy atom. The molecule has 1 atom stereocenters. The average molecular weight is 278 g/mol. The van der Waals surface area contributed by atoms with Gasteiger partial charge in [0, 0.05) is 5.69 Å². The summed E-state index contributed by atoms with van der Waals surface area (Å²) in [5, 5.41) is 21.4. The second-order valence-corrected chi connectivity index (χ2v) is 4.81. The fourth-order valence-corrected chi connectivity index (χ4v) is 1.83. The Balaban J connectivity index is 2.98. The number of rotatable bonds is 4. The van der Waals surface area contributed by atoms with Crippen molar-refractivity contribution in [3.05, 3.63) is 22.2 Å².